The van der Waals surface area contributed by atoms with Crippen LogP contribution in [0.4, 0.5) is 5.00 Å². The lowest BCUT2D eigenvalue weighted by molar-refractivity contribution is -0.115. The van der Waals surface area contributed by atoms with Gasteiger partial charge in [-0.25, -0.2) is 0 Å². The standard InChI is InChI=1S/C25H25N3O3S2/c1-3-31-19-12-9-17(10-13-19)11-14-21(29)27-25(32)28-24-22(23(26)30)16(2)20(33-24)15-18-7-5-4-6-8-18/h4-14H,3,15H2,1-2H3,(H2,26,30)(H2,27,28,29,32)/b14-11+. The highest BCUT2D eigenvalue weighted by atomic mass is 32.1. The summed E-state index contributed by atoms with van der Waals surface area (Å²) in [6.45, 7) is 4.38. The molecule has 8 heteroatoms. The molecule has 3 rings (SSSR count). The van der Waals surface area contributed by atoms with Crippen LogP contribution in [0.1, 0.15) is 38.8 Å². The van der Waals surface area contributed by atoms with Crippen molar-refractivity contribution < 1.29 is 14.3 Å². The first-order valence-corrected chi connectivity index (χ1v) is 11.6. The molecule has 0 bridgehead atoms. The summed E-state index contributed by atoms with van der Waals surface area (Å²) < 4.78 is 5.40. The highest BCUT2D eigenvalue weighted by Crippen LogP contribution is 2.34. The molecule has 1 aromatic heterocycles. The van der Waals surface area contributed by atoms with E-state index in [1.54, 1.807) is 6.08 Å². The lowest BCUT2D eigenvalue weighted by Gasteiger charge is -2.08. The van der Waals surface area contributed by atoms with Gasteiger partial charge in [-0.3, -0.25) is 14.9 Å². The Morgan fingerprint density at radius 3 is 2.45 bits per heavy atom. The van der Waals surface area contributed by atoms with Gasteiger partial charge in [0.2, 0.25) is 5.91 Å². The van der Waals surface area contributed by atoms with Crippen LogP contribution >= 0.6 is 23.6 Å². The molecule has 0 spiro atoms. The van der Waals surface area contributed by atoms with E-state index in [2.05, 4.69) is 10.6 Å². The van der Waals surface area contributed by atoms with Gasteiger partial charge in [0.05, 0.1) is 12.2 Å². The average Bonchev–Trinajstić information content (AvgIpc) is 3.08. The van der Waals surface area contributed by atoms with E-state index in [1.807, 2.05) is 68.4 Å². The van der Waals surface area contributed by atoms with E-state index in [-0.39, 0.29) is 11.0 Å². The minimum absolute atomic E-state index is 0.0892. The first kappa shape index (κ1) is 24.2. The van der Waals surface area contributed by atoms with Crippen molar-refractivity contribution in [1.29, 1.82) is 0 Å². The van der Waals surface area contributed by atoms with Crippen molar-refractivity contribution in [2.45, 2.75) is 20.3 Å². The summed E-state index contributed by atoms with van der Waals surface area (Å²) in [6.07, 6.45) is 3.73. The summed E-state index contributed by atoms with van der Waals surface area (Å²) in [5.74, 6) is -0.164. The maximum Gasteiger partial charge on any atom is 0.251 e. The van der Waals surface area contributed by atoms with Gasteiger partial charge in [0.15, 0.2) is 5.11 Å². The summed E-state index contributed by atoms with van der Waals surface area (Å²) >= 11 is 6.68. The molecule has 0 aliphatic rings. The molecule has 1 heterocycles. The third kappa shape index (κ3) is 6.74. The number of hydrogen-bond donors (Lipinski definition) is 3. The number of carbonyl (C=O) groups excluding carboxylic acids is 2. The van der Waals surface area contributed by atoms with Gasteiger partial charge in [0.1, 0.15) is 10.8 Å². The molecule has 2 amide bonds. The second kappa shape index (κ2) is 11.4. The molecule has 0 atom stereocenters. The van der Waals surface area contributed by atoms with Gasteiger partial charge in [-0.05, 0) is 61.0 Å². The SMILES string of the molecule is CCOc1ccc(/C=C/C(=O)NC(=S)Nc2sc(Cc3ccccc3)c(C)c2C(N)=O)cc1. The van der Waals surface area contributed by atoms with Crippen LogP contribution < -0.4 is 21.1 Å². The van der Waals surface area contributed by atoms with Crippen LogP contribution in [0.15, 0.2) is 60.7 Å². The van der Waals surface area contributed by atoms with E-state index in [0.717, 1.165) is 27.3 Å². The van der Waals surface area contributed by atoms with Crippen LogP contribution in [0.25, 0.3) is 6.08 Å². The maximum absolute atomic E-state index is 12.3. The van der Waals surface area contributed by atoms with Gasteiger partial charge in [0.25, 0.3) is 5.91 Å². The minimum atomic E-state index is -0.546. The molecule has 33 heavy (non-hydrogen) atoms. The van der Waals surface area contributed by atoms with Crippen LogP contribution in [-0.4, -0.2) is 23.5 Å². The molecular weight excluding hydrogens is 454 g/mol. The molecule has 0 fully saturated rings. The Morgan fingerprint density at radius 2 is 1.82 bits per heavy atom. The molecule has 170 valence electrons. The lowest BCUT2D eigenvalue weighted by atomic mass is 10.1. The number of thiocarbonyl (C=S) groups is 1. The number of carbonyl (C=O) groups is 2. The Hall–Kier alpha value is -3.49. The van der Waals surface area contributed by atoms with Gasteiger partial charge < -0.3 is 15.8 Å². The summed E-state index contributed by atoms with van der Waals surface area (Å²) in [6, 6.07) is 17.3. The first-order valence-electron chi connectivity index (χ1n) is 10.4. The highest BCUT2D eigenvalue weighted by Gasteiger charge is 2.20. The summed E-state index contributed by atoms with van der Waals surface area (Å²) in [4.78, 5) is 25.4. The molecule has 4 N–H and O–H groups in total. The predicted octanol–water partition coefficient (Wildman–Crippen LogP) is 4.67. The molecule has 6 nitrogen and oxygen atoms in total. The number of ether oxygens (including phenoxy) is 1. The molecule has 0 aliphatic carbocycles. The van der Waals surface area contributed by atoms with Gasteiger partial charge in [-0.1, -0.05) is 42.5 Å². The van der Waals surface area contributed by atoms with Crippen LogP contribution in [0.3, 0.4) is 0 Å². The summed E-state index contributed by atoms with van der Waals surface area (Å²) in [5.41, 5.74) is 8.78. The van der Waals surface area contributed by atoms with E-state index < -0.39 is 5.91 Å². The van der Waals surface area contributed by atoms with Crippen LogP contribution in [0.5, 0.6) is 5.75 Å². The van der Waals surface area contributed by atoms with Crippen LogP contribution in [-0.2, 0) is 11.2 Å². The third-order valence-electron chi connectivity index (χ3n) is 4.78. The monoisotopic (exact) mass is 479 g/mol. The minimum Gasteiger partial charge on any atom is -0.494 e. The highest BCUT2D eigenvalue weighted by molar-refractivity contribution is 7.80. The topological polar surface area (TPSA) is 93.4 Å². The number of nitrogens with two attached hydrogens (primary N) is 1. The molecule has 0 saturated carbocycles. The van der Waals surface area contributed by atoms with Crippen molar-refractivity contribution in [2.24, 2.45) is 5.73 Å². The zero-order chi connectivity index (χ0) is 23.8. The predicted molar refractivity (Wildman–Crippen MR) is 138 cm³/mol. The number of nitrogens with one attached hydrogen (secondary N) is 2. The maximum atomic E-state index is 12.3. The number of hydrogen-bond acceptors (Lipinski definition) is 5. The van der Waals surface area contributed by atoms with Gasteiger partial charge in [0, 0.05) is 17.4 Å². The lowest BCUT2D eigenvalue weighted by Crippen LogP contribution is -2.33. The Labute approximate surface area is 202 Å². The number of anilines is 1. The molecule has 0 radical (unpaired) electrons. The Morgan fingerprint density at radius 1 is 1.12 bits per heavy atom. The second-order valence-electron chi connectivity index (χ2n) is 7.16. The van der Waals surface area contributed by atoms with E-state index in [9.17, 15) is 9.59 Å². The second-order valence-corrected chi connectivity index (χ2v) is 8.67. The van der Waals surface area contributed by atoms with Crippen molar-refractivity contribution >= 4 is 51.6 Å². The zero-order valence-corrected chi connectivity index (χ0v) is 20.0. The Balaban J connectivity index is 1.65. The van der Waals surface area contributed by atoms with E-state index in [1.165, 1.54) is 17.4 Å². The molecule has 0 saturated heterocycles. The smallest absolute Gasteiger partial charge is 0.251 e. The van der Waals surface area contributed by atoms with E-state index in [0.29, 0.717) is 23.6 Å². The summed E-state index contributed by atoms with van der Waals surface area (Å²) in [5, 5.41) is 6.16. The van der Waals surface area contributed by atoms with Gasteiger partial charge >= 0.3 is 0 Å². The third-order valence-corrected chi connectivity index (χ3v) is 6.19. The van der Waals surface area contributed by atoms with Crippen molar-refractivity contribution in [2.75, 3.05) is 11.9 Å². The number of thiophene rings is 1. The van der Waals surface area contributed by atoms with Crippen molar-refractivity contribution in [3.8, 4) is 5.75 Å². The Kier molecular flexibility index (Phi) is 8.34. The Bertz CT molecular complexity index is 1170. The number of primary amides is 1. The average molecular weight is 480 g/mol. The van der Waals surface area contributed by atoms with Gasteiger partial charge in [-0.15, -0.1) is 11.3 Å². The fraction of sp³-hybridized carbons (Fsp3) is 0.160. The normalized spacial score (nSPS) is 10.7. The molecule has 2 aromatic carbocycles. The number of benzene rings is 2. The largest absolute Gasteiger partial charge is 0.494 e. The van der Waals surface area contributed by atoms with Crippen LogP contribution in [0.2, 0.25) is 0 Å². The number of rotatable bonds is 8. The zero-order valence-electron chi connectivity index (χ0n) is 18.4. The van der Waals surface area contributed by atoms with E-state index >= 15 is 0 Å². The first-order chi connectivity index (χ1) is 15.9. The molecular formula is C25H25N3O3S2. The van der Waals surface area contributed by atoms with Crippen molar-refractivity contribution in [1.82, 2.24) is 5.32 Å². The molecule has 3 aromatic rings. The van der Waals surface area contributed by atoms with Gasteiger partial charge in [-0.2, -0.15) is 0 Å². The van der Waals surface area contributed by atoms with E-state index in [4.69, 9.17) is 22.7 Å². The van der Waals surface area contributed by atoms with Crippen molar-refractivity contribution in [3.63, 3.8) is 0 Å². The summed E-state index contributed by atoms with van der Waals surface area (Å²) in [7, 11) is 0. The quantitative estimate of drug-likeness (QED) is 0.322. The van der Waals surface area contributed by atoms with Crippen LogP contribution in [0, 0.1) is 6.92 Å². The molecule has 0 aliphatic heterocycles. The molecule has 0 unspecified atom stereocenters. The fourth-order valence-corrected chi connectivity index (χ4v) is 4.71. The van der Waals surface area contributed by atoms with Crippen molar-refractivity contribution in [3.05, 3.63) is 87.8 Å². The fourth-order valence-electron chi connectivity index (χ4n) is 3.20. The number of amides is 2.